The fourth-order valence-electron chi connectivity index (χ4n) is 2.39. The topological polar surface area (TPSA) is 84.5 Å². The lowest BCUT2D eigenvalue weighted by atomic mass is 9.97. The van der Waals surface area contributed by atoms with Crippen molar-refractivity contribution in [3.05, 3.63) is 41.0 Å². The number of cyclic esters (lactones) is 1. The monoisotopic (exact) mass is 344 g/mol. The Morgan fingerprint density at radius 3 is 2.48 bits per heavy atom. The summed E-state index contributed by atoms with van der Waals surface area (Å²) in [5.41, 5.74) is 1.41. The first-order chi connectivity index (χ1) is 11.6. The van der Waals surface area contributed by atoms with Crippen LogP contribution in [-0.4, -0.2) is 23.4 Å². The molecule has 1 aromatic carbocycles. The summed E-state index contributed by atoms with van der Waals surface area (Å²) in [5.74, 6) is -1.24. The highest BCUT2D eigenvalue weighted by molar-refractivity contribution is 6.18. The maximum atomic E-state index is 12.3. The highest BCUT2D eigenvalue weighted by Crippen LogP contribution is 2.31. The van der Waals surface area contributed by atoms with E-state index in [1.807, 2.05) is 19.9 Å². The highest BCUT2D eigenvalue weighted by atomic mass is 16.6. The van der Waals surface area contributed by atoms with Crippen molar-refractivity contribution in [3.8, 4) is 0 Å². The number of hydrogen-bond donors (Lipinski definition) is 2. The molecule has 1 heterocycles. The molecule has 0 unspecified atom stereocenters. The number of ether oxygens (including phenoxy) is 1. The Hall–Kier alpha value is -2.63. The normalized spacial score (nSPS) is 16.0. The summed E-state index contributed by atoms with van der Waals surface area (Å²) in [4.78, 5) is 36.0. The van der Waals surface area contributed by atoms with Gasteiger partial charge in [0.1, 0.15) is 11.2 Å². The molecule has 0 saturated carbocycles. The largest absolute Gasteiger partial charge is 0.451 e. The SMILES string of the molecule is CC1=C(C(=O)NCc2cccc(NC(=O)C(C)C)c2)C(=O)OC1(C)C. The van der Waals surface area contributed by atoms with E-state index in [0.29, 0.717) is 11.3 Å². The van der Waals surface area contributed by atoms with Crippen LogP contribution >= 0.6 is 0 Å². The van der Waals surface area contributed by atoms with E-state index in [4.69, 9.17) is 4.74 Å². The molecule has 6 heteroatoms. The number of hydrogen-bond acceptors (Lipinski definition) is 4. The third-order valence-corrected chi connectivity index (χ3v) is 4.23. The van der Waals surface area contributed by atoms with Gasteiger partial charge in [0.05, 0.1) is 0 Å². The molecule has 0 bridgehead atoms. The summed E-state index contributed by atoms with van der Waals surface area (Å²) in [7, 11) is 0. The van der Waals surface area contributed by atoms with E-state index in [1.54, 1.807) is 39.0 Å². The van der Waals surface area contributed by atoms with Crippen molar-refractivity contribution in [1.82, 2.24) is 5.32 Å². The van der Waals surface area contributed by atoms with Crippen molar-refractivity contribution in [2.45, 2.75) is 46.8 Å². The number of benzene rings is 1. The molecule has 0 saturated heterocycles. The average Bonchev–Trinajstić information content (AvgIpc) is 2.73. The Morgan fingerprint density at radius 1 is 1.24 bits per heavy atom. The molecule has 0 fully saturated rings. The Morgan fingerprint density at radius 2 is 1.92 bits per heavy atom. The molecule has 6 nitrogen and oxygen atoms in total. The second kappa shape index (κ2) is 7.09. The zero-order valence-electron chi connectivity index (χ0n) is 15.2. The molecule has 2 rings (SSSR count). The molecular weight excluding hydrogens is 320 g/mol. The minimum atomic E-state index is -0.759. The first-order valence-electron chi connectivity index (χ1n) is 8.24. The number of esters is 1. The minimum Gasteiger partial charge on any atom is -0.451 e. The third kappa shape index (κ3) is 4.26. The van der Waals surface area contributed by atoms with Gasteiger partial charge in [0, 0.05) is 18.2 Å². The van der Waals surface area contributed by atoms with E-state index in [2.05, 4.69) is 10.6 Å². The molecule has 2 amide bonds. The Balaban J connectivity index is 2.04. The van der Waals surface area contributed by atoms with E-state index < -0.39 is 17.5 Å². The molecule has 0 aromatic heterocycles. The number of amides is 2. The van der Waals surface area contributed by atoms with Crippen LogP contribution < -0.4 is 10.6 Å². The van der Waals surface area contributed by atoms with E-state index in [1.165, 1.54) is 0 Å². The first-order valence-corrected chi connectivity index (χ1v) is 8.24. The standard InChI is InChI=1S/C19H24N2O4/c1-11(2)16(22)21-14-8-6-7-13(9-14)10-20-17(23)15-12(3)19(4,5)25-18(15)24/h6-9,11H,10H2,1-5H3,(H,20,23)(H,21,22). The summed E-state index contributed by atoms with van der Waals surface area (Å²) in [6.07, 6.45) is 0. The van der Waals surface area contributed by atoms with E-state index >= 15 is 0 Å². The highest BCUT2D eigenvalue weighted by Gasteiger charge is 2.40. The number of rotatable bonds is 5. The van der Waals surface area contributed by atoms with Crippen molar-refractivity contribution in [3.63, 3.8) is 0 Å². The van der Waals surface area contributed by atoms with Crippen LogP contribution in [-0.2, 0) is 25.7 Å². The van der Waals surface area contributed by atoms with Crippen molar-refractivity contribution < 1.29 is 19.1 Å². The van der Waals surface area contributed by atoms with Gasteiger partial charge in [-0.2, -0.15) is 0 Å². The average molecular weight is 344 g/mol. The van der Waals surface area contributed by atoms with Gasteiger partial charge in [0.25, 0.3) is 5.91 Å². The third-order valence-electron chi connectivity index (χ3n) is 4.23. The van der Waals surface area contributed by atoms with Crippen molar-refractivity contribution >= 4 is 23.5 Å². The summed E-state index contributed by atoms with van der Waals surface area (Å²) < 4.78 is 5.21. The molecule has 0 radical (unpaired) electrons. The molecule has 0 atom stereocenters. The molecule has 134 valence electrons. The maximum Gasteiger partial charge on any atom is 0.344 e. The number of carbonyl (C=O) groups is 3. The van der Waals surface area contributed by atoms with Gasteiger partial charge in [-0.15, -0.1) is 0 Å². The van der Waals surface area contributed by atoms with Gasteiger partial charge in [0.15, 0.2) is 0 Å². The van der Waals surface area contributed by atoms with Crippen molar-refractivity contribution in [2.75, 3.05) is 5.32 Å². The van der Waals surface area contributed by atoms with E-state index in [9.17, 15) is 14.4 Å². The van der Waals surface area contributed by atoms with Gasteiger partial charge >= 0.3 is 5.97 Å². The molecule has 2 N–H and O–H groups in total. The Labute approximate surface area is 147 Å². The zero-order valence-corrected chi connectivity index (χ0v) is 15.2. The maximum absolute atomic E-state index is 12.3. The van der Waals surface area contributed by atoms with Gasteiger partial charge in [-0.25, -0.2) is 4.79 Å². The second-order valence-corrected chi connectivity index (χ2v) is 6.93. The lowest BCUT2D eigenvalue weighted by molar-refractivity contribution is -0.145. The van der Waals surface area contributed by atoms with Crippen LogP contribution in [0.5, 0.6) is 0 Å². The van der Waals surface area contributed by atoms with Crippen LogP contribution in [0.4, 0.5) is 5.69 Å². The summed E-state index contributed by atoms with van der Waals surface area (Å²) >= 11 is 0. The molecular formula is C19H24N2O4. The van der Waals surface area contributed by atoms with Crippen molar-refractivity contribution in [2.24, 2.45) is 5.92 Å². The molecule has 0 aliphatic carbocycles. The van der Waals surface area contributed by atoms with Gasteiger partial charge < -0.3 is 15.4 Å². The Kier molecular flexibility index (Phi) is 5.30. The fourth-order valence-corrected chi connectivity index (χ4v) is 2.39. The zero-order chi connectivity index (χ0) is 18.8. The van der Waals surface area contributed by atoms with Gasteiger partial charge in [-0.3, -0.25) is 9.59 Å². The second-order valence-electron chi connectivity index (χ2n) is 6.93. The minimum absolute atomic E-state index is 0.0641. The fraction of sp³-hybridized carbons (Fsp3) is 0.421. The molecule has 1 aliphatic rings. The summed E-state index contributed by atoms with van der Waals surface area (Å²) in [6, 6.07) is 7.21. The lowest BCUT2D eigenvalue weighted by Crippen LogP contribution is -2.27. The van der Waals surface area contributed by atoms with Crippen LogP contribution in [0.1, 0.15) is 40.2 Å². The molecule has 0 spiro atoms. The Bertz CT molecular complexity index is 748. The molecule has 1 aromatic rings. The number of nitrogens with one attached hydrogen (secondary N) is 2. The first kappa shape index (κ1) is 18.7. The van der Waals surface area contributed by atoms with Crippen LogP contribution in [0.15, 0.2) is 35.4 Å². The summed E-state index contributed by atoms with van der Waals surface area (Å²) in [5, 5.41) is 5.55. The predicted molar refractivity (Wildman–Crippen MR) is 94.6 cm³/mol. The van der Waals surface area contributed by atoms with Gasteiger partial charge in [0.2, 0.25) is 5.91 Å². The lowest BCUT2D eigenvalue weighted by Gasteiger charge is -2.17. The van der Waals surface area contributed by atoms with Crippen LogP contribution in [0.3, 0.4) is 0 Å². The van der Waals surface area contributed by atoms with E-state index in [-0.39, 0.29) is 23.9 Å². The number of anilines is 1. The van der Waals surface area contributed by atoms with Gasteiger partial charge in [-0.1, -0.05) is 26.0 Å². The smallest absolute Gasteiger partial charge is 0.344 e. The van der Waals surface area contributed by atoms with E-state index in [0.717, 1.165) is 5.56 Å². The van der Waals surface area contributed by atoms with Gasteiger partial charge in [-0.05, 0) is 44.0 Å². The quantitative estimate of drug-likeness (QED) is 0.635. The molecule has 1 aliphatic heterocycles. The molecule has 25 heavy (non-hydrogen) atoms. The van der Waals surface area contributed by atoms with Crippen LogP contribution in [0.2, 0.25) is 0 Å². The van der Waals surface area contributed by atoms with Crippen molar-refractivity contribution in [1.29, 1.82) is 0 Å². The predicted octanol–water partition coefficient (Wildman–Crippen LogP) is 2.55. The summed E-state index contributed by atoms with van der Waals surface area (Å²) in [6.45, 7) is 9.11. The van der Waals surface area contributed by atoms with Crippen LogP contribution in [0, 0.1) is 5.92 Å². The number of carbonyl (C=O) groups excluding carboxylic acids is 3. The van der Waals surface area contributed by atoms with Crippen LogP contribution in [0.25, 0.3) is 0 Å².